The maximum Gasteiger partial charge on any atom is 0.295 e. The number of carbonyl (C=O) groups excluding carboxylic acids is 2. The summed E-state index contributed by atoms with van der Waals surface area (Å²) in [7, 11) is 0. The van der Waals surface area contributed by atoms with Gasteiger partial charge in [0, 0.05) is 5.69 Å². The molecule has 2 aromatic rings. The highest BCUT2D eigenvalue weighted by Crippen LogP contribution is 2.48. The van der Waals surface area contributed by atoms with Crippen molar-refractivity contribution >= 4 is 17.5 Å². The summed E-state index contributed by atoms with van der Waals surface area (Å²) in [6.07, 6.45) is 2.47. The lowest BCUT2D eigenvalue weighted by atomic mass is 9.74. The molecule has 2 aliphatic heterocycles. The molecule has 5 rings (SSSR count). The van der Waals surface area contributed by atoms with E-state index in [-0.39, 0.29) is 29.5 Å². The number of carbonyl (C=O) groups is 2. The Bertz CT molecular complexity index is 1010. The van der Waals surface area contributed by atoms with Gasteiger partial charge in [-0.2, -0.15) is 0 Å². The highest BCUT2D eigenvalue weighted by molar-refractivity contribution is 6.17. The number of nitrogens with zero attached hydrogens (tertiary/aromatic N) is 2. The number of ketones is 1. The van der Waals surface area contributed by atoms with E-state index in [2.05, 4.69) is 11.9 Å². The fourth-order valence-electron chi connectivity index (χ4n) is 4.93. The van der Waals surface area contributed by atoms with Crippen molar-refractivity contribution in [1.29, 1.82) is 0 Å². The van der Waals surface area contributed by atoms with E-state index < -0.39 is 6.04 Å². The Morgan fingerprint density at radius 3 is 2.59 bits per heavy atom. The molecule has 1 aromatic heterocycles. The molecule has 29 heavy (non-hydrogen) atoms. The molecule has 4 atom stereocenters. The van der Waals surface area contributed by atoms with E-state index in [0.29, 0.717) is 17.3 Å². The molecule has 5 heteroatoms. The van der Waals surface area contributed by atoms with Gasteiger partial charge >= 0.3 is 0 Å². The van der Waals surface area contributed by atoms with Gasteiger partial charge in [-0.25, -0.2) is 4.98 Å². The molecule has 1 aromatic carbocycles. The van der Waals surface area contributed by atoms with Gasteiger partial charge < -0.3 is 4.74 Å². The van der Waals surface area contributed by atoms with Crippen LogP contribution in [-0.4, -0.2) is 22.8 Å². The third kappa shape index (κ3) is 2.87. The van der Waals surface area contributed by atoms with Gasteiger partial charge in [0.05, 0.1) is 17.5 Å². The number of amides is 1. The summed E-state index contributed by atoms with van der Waals surface area (Å²) in [6.45, 7) is 4.08. The highest BCUT2D eigenvalue weighted by atomic mass is 16.5. The third-order valence-corrected chi connectivity index (χ3v) is 6.35. The second-order valence-corrected chi connectivity index (χ2v) is 8.41. The Hall–Kier alpha value is -2.95. The summed E-state index contributed by atoms with van der Waals surface area (Å²) in [5, 5.41) is 0. The van der Waals surface area contributed by atoms with Gasteiger partial charge in [0.1, 0.15) is 11.9 Å². The molecule has 1 fully saturated rings. The largest absolute Gasteiger partial charge is 0.483 e. The van der Waals surface area contributed by atoms with Gasteiger partial charge in [-0.1, -0.05) is 43.3 Å². The SMILES string of the molecule is Cc1cccc(N2C(=O)C3=C(C(=O)C4CC(C)CCC4O3)C2c2ccccc2)n1. The summed E-state index contributed by atoms with van der Waals surface area (Å²) >= 11 is 0. The number of Topliss-reactive ketones (excluding diaryl/α,β-unsaturated/α-hetero) is 1. The predicted molar refractivity (Wildman–Crippen MR) is 109 cm³/mol. The van der Waals surface area contributed by atoms with Crippen molar-refractivity contribution in [2.45, 2.75) is 45.3 Å². The maximum atomic E-state index is 13.6. The minimum Gasteiger partial charge on any atom is -0.483 e. The first-order valence-corrected chi connectivity index (χ1v) is 10.3. The number of rotatable bonds is 2. The molecule has 0 radical (unpaired) electrons. The van der Waals surface area contributed by atoms with E-state index in [9.17, 15) is 9.59 Å². The molecule has 3 heterocycles. The van der Waals surface area contributed by atoms with Crippen LogP contribution in [0.2, 0.25) is 0 Å². The number of hydrogen-bond donors (Lipinski definition) is 0. The molecule has 0 spiro atoms. The van der Waals surface area contributed by atoms with Crippen molar-refractivity contribution in [2.24, 2.45) is 11.8 Å². The molecule has 4 unspecified atom stereocenters. The van der Waals surface area contributed by atoms with E-state index in [1.54, 1.807) is 4.90 Å². The Morgan fingerprint density at radius 2 is 1.83 bits per heavy atom. The van der Waals surface area contributed by atoms with E-state index in [1.807, 2.05) is 55.5 Å². The van der Waals surface area contributed by atoms with E-state index in [4.69, 9.17) is 4.74 Å². The van der Waals surface area contributed by atoms with Gasteiger partial charge in [-0.05, 0) is 49.8 Å². The topological polar surface area (TPSA) is 59.5 Å². The molecule has 3 aliphatic rings. The van der Waals surface area contributed by atoms with Crippen LogP contribution in [0.5, 0.6) is 0 Å². The van der Waals surface area contributed by atoms with Gasteiger partial charge in [0.25, 0.3) is 5.91 Å². The average Bonchev–Trinajstić information content (AvgIpc) is 3.02. The average molecular weight is 388 g/mol. The third-order valence-electron chi connectivity index (χ3n) is 6.35. The lowest BCUT2D eigenvalue weighted by molar-refractivity contribution is -0.132. The molecular formula is C24H24N2O3. The van der Waals surface area contributed by atoms with Crippen molar-refractivity contribution in [3.63, 3.8) is 0 Å². The molecular weight excluding hydrogens is 364 g/mol. The molecule has 0 bridgehead atoms. The summed E-state index contributed by atoms with van der Waals surface area (Å²) in [5.41, 5.74) is 2.22. The number of aromatic nitrogens is 1. The molecule has 0 N–H and O–H groups in total. The Morgan fingerprint density at radius 1 is 1.03 bits per heavy atom. The number of aryl methyl sites for hydroxylation is 1. The normalized spacial score (nSPS) is 28.8. The summed E-state index contributed by atoms with van der Waals surface area (Å²) in [6, 6.07) is 14.8. The highest BCUT2D eigenvalue weighted by Gasteiger charge is 2.53. The number of pyridine rings is 1. The van der Waals surface area contributed by atoms with Gasteiger partial charge in [-0.3, -0.25) is 14.5 Å². The smallest absolute Gasteiger partial charge is 0.295 e. The second-order valence-electron chi connectivity index (χ2n) is 8.41. The first-order valence-electron chi connectivity index (χ1n) is 10.3. The quantitative estimate of drug-likeness (QED) is 0.776. The Kier molecular flexibility index (Phi) is 4.26. The second kappa shape index (κ2) is 6.83. The van der Waals surface area contributed by atoms with Crippen LogP contribution in [0.4, 0.5) is 5.82 Å². The number of benzene rings is 1. The van der Waals surface area contributed by atoms with Gasteiger partial charge in [0.2, 0.25) is 0 Å². The Labute approximate surface area is 170 Å². The van der Waals surface area contributed by atoms with Gasteiger partial charge in [-0.15, -0.1) is 0 Å². The lowest BCUT2D eigenvalue weighted by Gasteiger charge is -2.37. The molecule has 1 saturated carbocycles. The fourth-order valence-corrected chi connectivity index (χ4v) is 4.93. The molecule has 148 valence electrons. The van der Waals surface area contributed by atoms with Crippen LogP contribution in [0, 0.1) is 18.8 Å². The van der Waals surface area contributed by atoms with Crippen molar-refractivity contribution in [3.8, 4) is 0 Å². The van der Waals surface area contributed by atoms with Crippen LogP contribution in [0.25, 0.3) is 0 Å². The lowest BCUT2D eigenvalue weighted by Crippen LogP contribution is -2.41. The van der Waals surface area contributed by atoms with Gasteiger partial charge in [0.15, 0.2) is 11.5 Å². The fraction of sp³-hybridized carbons (Fsp3) is 0.375. The molecule has 1 amide bonds. The summed E-state index contributed by atoms with van der Waals surface area (Å²) in [5.74, 6) is 0.904. The number of hydrogen-bond acceptors (Lipinski definition) is 4. The standard InChI is InChI=1S/C24H24N2O3/c1-14-11-12-18-17(13-14)22(27)20-21(16-8-4-3-5-9-16)26(24(28)23(20)29-18)19-10-6-7-15(2)25-19/h3-10,14,17-18,21H,11-13H2,1-2H3. The summed E-state index contributed by atoms with van der Waals surface area (Å²) < 4.78 is 6.22. The zero-order chi connectivity index (χ0) is 20.1. The van der Waals surface area contributed by atoms with E-state index >= 15 is 0 Å². The molecule has 5 nitrogen and oxygen atoms in total. The van der Waals surface area contributed by atoms with Crippen LogP contribution < -0.4 is 4.90 Å². The van der Waals surface area contributed by atoms with Crippen molar-refractivity contribution in [3.05, 3.63) is 71.1 Å². The summed E-state index contributed by atoms with van der Waals surface area (Å²) in [4.78, 5) is 33.3. The maximum absolute atomic E-state index is 13.6. The number of fused-ring (bicyclic) bond motifs is 1. The van der Waals surface area contributed by atoms with E-state index in [0.717, 1.165) is 30.5 Å². The van der Waals surface area contributed by atoms with Crippen molar-refractivity contribution in [1.82, 2.24) is 4.98 Å². The minimum atomic E-state index is -0.501. The number of ether oxygens (including phenoxy) is 1. The predicted octanol–water partition coefficient (Wildman–Crippen LogP) is 4.14. The minimum absolute atomic E-state index is 0.0696. The molecule has 0 saturated heterocycles. The monoisotopic (exact) mass is 388 g/mol. The van der Waals surface area contributed by atoms with Crippen LogP contribution in [-0.2, 0) is 14.3 Å². The van der Waals surface area contributed by atoms with Crippen LogP contribution in [0.1, 0.15) is 43.5 Å². The zero-order valence-corrected chi connectivity index (χ0v) is 16.7. The first kappa shape index (κ1) is 18.1. The molecule has 1 aliphatic carbocycles. The first-order chi connectivity index (χ1) is 14.0. The van der Waals surface area contributed by atoms with E-state index in [1.165, 1.54) is 0 Å². The van der Waals surface area contributed by atoms with Crippen LogP contribution in [0.3, 0.4) is 0 Å². The van der Waals surface area contributed by atoms with Crippen LogP contribution in [0.15, 0.2) is 59.9 Å². The van der Waals surface area contributed by atoms with Crippen molar-refractivity contribution in [2.75, 3.05) is 4.90 Å². The van der Waals surface area contributed by atoms with Crippen LogP contribution >= 0.6 is 0 Å². The zero-order valence-electron chi connectivity index (χ0n) is 16.7. The number of anilines is 1. The Balaban J connectivity index is 1.65. The van der Waals surface area contributed by atoms with Crippen molar-refractivity contribution < 1.29 is 14.3 Å².